The van der Waals surface area contributed by atoms with Gasteiger partial charge in [-0.25, -0.2) is 5.43 Å². The van der Waals surface area contributed by atoms with E-state index in [2.05, 4.69) is 17.1 Å². The highest BCUT2D eigenvalue weighted by Gasteiger charge is 2.24. The maximum atomic E-state index is 10.9. The number of allylic oxidation sites excluding steroid dienone is 1. The molecule has 1 aliphatic heterocycles. The predicted molar refractivity (Wildman–Crippen MR) is 39.6 cm³/mol. The Morgan fingerprint density at radius 1 is 1.90 bits per heavy atom. The molecule has 1 aliphatic rings. The van der Waals surface area contributed by atoms with Crippen LogP contribution in [0.5, 0.6) is 0 Å². The van der Waals surface area contributed by atoms with E-state index in [-0.39, 0.29) is 11.8 Å². The van der Waals surface area contributed by atoms with Crippen molar-refractivity contribution >= 4 is 11.6 Å². The van der Waals surface area contributed by atoms with Crippen LogP contribution in [-0.2, 0) is 4.79 Å². The molecule has 1 N–H and O–H groups in total. The van der Waals surface area contributed by atoms with Crippen molar-refractivity contribution in [2.24, 2.45) is 11.0 Å². The molecule has 54 valence electrons. The molecule has 0 radical (unpaired) electrons. The summed E-state index contributed by atoms with van der Waals surface area (Å²) in [4.78, 5) is 10.9. The predicted octanol–water partition coefficient (Wildman–Crippen LogP) is 0.684. The Hall–Kier alpha value is -1.12. The third-order valence-corrected chi connectivity index (χ3v) is 1.57. The highest BCUT2D eigenvalue weighted by Crippen LogP contribution is 2.10. The Labute approximate surface area is 59.8 Å². The second-order valence-electron chi connectivity index (χ2n) is 2.31. The van der Waals surface area contributed by atoms with E-state index in [1.165, 1.54) is 0 Å². The number of hydrogen-bond acceptors (Lipinski definition) is 2. The monoisotopic (exact) mass is 138 g/mol. The summed E-state index contributed by atoms with van der Waals surface area (Å²) in [6.07, 6.45) is 2.41. The van der Waals surface area contributed by atoms with Crippen LogP contribution in [-0.4, -0.2) is 11.6 Å². The van der Waals surface area contributed by atoms with Crippen molar-refractivity contribution in [1.82, 2.24) is 5.43 Å². The number of hydrazone groups is 1. The van der Waals surface area contributed by atoms with Crippen molar-refractivity contribution in [2.45, 2.75) is 13.3 Å². The van der Waals surface area contributed by atoms with Crippen LogP contribution in [0, 0.1) is 5.92 Å². The summed E-state index contributed by atoms with van der Waals surface area (Å²) >= 11 is 0. The number of carbonyl (C=O) groups excluding carboxylic acids is 1. The summed E-state index contributed by atoms with van der Waals surface area (Å²) in [6.45, 7) is 5.40. The number of nitrogens with one attached hydrogen (secondary N) is 1. The molecular weight excluding hydrogens is 128 g/mol. The molecule has 0 fully saturated rings. The van der Waals surface area contributed by atoms with Crippen LogP contribution < -0.4 is 5.43 Å². The van der Waals surface area contributed by atoms with Crippen molar-refractivity contribution in [3.05, 3.63) is 12.7 Å². The molecule has 0 aromatic rings. The quantitative estimate of drug-likeness (QED) is 0.560. The van der Waals surface area contributed by atoms with Crippen LogP contribution in [0.3, 0.4) is 0 Å². The average Bonchev–Trinajstić information content (AvgIpc) is 2.20. The van der Waals surface area contributed by atoms with E-state index >= 15 is 0 Å². The molecule has 0 aromatic carbocycles. The third kappa shape index (κ3) is 1.07. The smallest absolute Gasteiger partial charge is 0.249 e. The summed E-state index contributed by atoms with van der Waals surface area (Å²) in [6, 6.07) is 0. The van der Waals surface area contributed by atoms with Crippen molar-refractivity contribution in [3.8, 4) is 0 Å². The van der Waals surface area contributed by atoms with Gasteiger partial charge in [0.1, 0.15) is 0 Å². The highest BCUT2D eigenvalue weighted by molar-refractivity contribution is 6.06. The van der Waals surface area contributed by atoms with E-state index in [0.717, 1.165) is 5.71 Å². The Morgan fingerprint density at radius 2 is 2.60 bits per heavy atom. The number of rotatable bonds is 2. The van der Waals surface area contributed by atoms with E-state index < -0.39 is 0 Å². The first-order valence-corrected chi connectivity index (χ1v) is 3.20. The Bertz CT molecular complexity index is 196. The highest BCUT2D eigenvalue weighted by atomic mass is 16.2. The molecule has 10 heavy (non-hydrogen) atoms. The zero-order valence-corrected chi connectivity index (χ0v) is 5.92. The summed E-state index contributed by atoms with van der Waals surface area (Å²) in [5, 5.41) is 3.79. The van der Waals surface area contributed by atoms with Crippen LogP contribution in [0.2, 0.25) is 0 Å². The Morgan fingerprint density at radius 3 is 3.00 bits per heavy atom. The van der Waals surface area contributed by atoms with E-state index in [9.17, 15) is 4.79 Å². The van der Waals surface area contributed by atoms with E-state index in [0.29, 0.717) is 6.42 Å². The second kappa shape index (κ2) is 2.64. The maximum Gasteiger partial charge on any atom is 0.249 e. The van der Waals surface area contributed by atoms with E-state index in [1.807, 2.05) is 6.92 Å². The maximum absolute atomic E-state index is 10.9. The lowest BCUT2D eigenvalue weighted by Gasteiger charge is -2.00. The average molecular weight is 138 g/mol. The molecule has 3 heteroatoms. The van der Waals surface area contributed by atoms with Gasteiger partial charge in [-0.3, -0.25) is 4.79 Å². The van der Waals surface area contributed by atoms with Crippen molar-refractivity contribution in [3.63, 3.8) is 0 Å². The van der Waals surface area contributed by atoms with Gasteiger partial charge in [-0.2, -0.15) is 5.10 Å². The van der Waals surface area contributed by atoms with Gasteiger partial charge in [0, 0.05) is 5.71 Å². The van der Waals surface area contributed by atoms with Gasteiger partial charge >= 0.3 is 0 Å². The molecule has 0 unspecified atom stereocenters. The zero-order chi connectivity index (χ0) is 7.56. The summed E-state index contributed by atoms with van der Waals surface area (Å²) in [5.74, 6) is -0.0881. The van der Waals surface area contributed by atoms with Crippen LogP contribution >= 0.6 is 0 Å². The second-order valence-corrected chi connectivity index (χ2v) is 2.31. The normalized spacial score (nSPS) is 23.9. The van der Waals surface area contributed by atoms with Gasteiger partial charge in [-0.15, -0.1) is 6.58 Å². The molecule has 0 aromatic heterocycles. The first-order valence-electron chi connectivity index (χ1n) is 3.20. The van der Waals surface area contributed by atoms with Crippen LogP contribution in [0.25, 0.3) is 0 Å². The SMILES string of the molecule is C=CC[C@@H]1C(=O)NN=C1C. The van der Waals surface area contributed by atoms with Gasteiger partial charge in [-0.1, -0.05) is 6.08 Å². The molecule has 0 saturated heterocycles. The number of hydrogen-bond donors (Lipinski definition) is 1. The molecule has 0 spiro atoms. The summed E-state index contributed by atoms with van der Waals surface area (Å²) in [7, 11) is 0. The zero-order valence-electron chi connectivity index (χ0n) is 5.92. The minimum absolute atomic E-state index is 0.0163. The summed E-state index contributed by atoms with van der Waals surface area (Å²) in [5.41, 5.74) is 3.26. The van der Waals surface area contributed by atoms with Crippen LogP contribution in [0.15, 0.2) is 17.8 Å². The largest absolute Gasteiger partial charge is 0.272 e. The van der Waals surface area contributed by atoms with Gasteiger partial charge < -0.3 is 0 Å². The fourth-order valence-electron chi connectivity index (χ4n) is 0.933. The first kappa shape index (κ1) is 6.99. The van der Waals surface area contributed by atoms with Crippen molar-refractivity contribution in [2.75, 3.05) is 0 Å². The topological polar surface area (TPSA) is 41.5 Å². The number of amides is 1. The van der Waals surface area contributed by atoms with Gasteiger partial charge in [0.15, 0.2) is 0 Å². The third-order valence-electron chi connectivity index (χ3n) is 1.57. The molecule has 3 nitrogen and oxygen atoms in total. The van der Waals surface area contributed by atoms with Gasteiger partial charge in [0.05, 0.1) is 5.92 Å². The molecule has 1 atom stereocenters. The Kier molecular flexibility index (Phi) is 1.85. The minimum atomic E-state index is -0.0718. The fourth-order valence-corrected chi connectivity index (χ4v) is 0.933. The molecule has 1 rings (SSSR count). The molecule has 0 saturated carbocycles. The Balaban J connectivity index is 2.64. The lowest BCUT2D eigenvalue weighted by molar-refractivity contribution is -0.122. The minimum Gasteiger partial charge on any atom is -0.272 e. The number of nitrogens with zero attached hydrogens (tertiary/aromatic N) is 1. The standard InChI is InChI=1S/C7H10N2O/c1-3-4-6-5(2)8-9-7(6)10/h3,6H,1,4H2,2H3,(H,9,10)/t6-/m0/s1. The molecule has 0 aliphatic carbocycles. The fraction of sp³-hybridized carbons (Fsp3) is 0.429. The van der Waals surface area contributed by atoms with Crippen molar-refractivity contribution < 1.29 is 4.79 Å². The van der Waals surface area contributed by atoms with Crippen molar-refractivity contribution in [1.29, 1.82) is 0 Å². The molecular formula is C7H10N2O. The molecule has 1 amide bonds. The van der Waals surface area contributed by atoms with Gasteiger partial charge in [0.2, 0.25) is 5.91 Å². The molecule has 1 heterocycles. The van der Waals surface area contributed by atoms with E-state index in [4.69, 9.17) is 0 Å². The lowest BCUT2D eigenvalue weighted by Crippen LogP contribution is -2.21. The number of carbonyl (C=O) groups is 1. The first-order chi connectivity index (χ1) is 4.75. The van der Waals surface area contributed by atoms with Crippen LogP contribution in [0.4, 0.5) is 0 Å². The van der Waals surface area contributed by atoms with E-state index in [1.54, 1.807) is 6.08 Å². The summed E-state index contributed by atoms with van der Waals surface area (Å²) < 4.78 is 0. The molecule has 0 bridgehead atoms. The lowest BCUT2D eigenvalue weighted by atomic mass is 10.0. The van der Waals surface area contributed by atoms with Crippen LogP contribution in [0.1, 0.15) is 13.3 Å². The van der Waals surface area contributed by atoms with Gasteiger partial charge in [0.25, 0.3) is 0 Å². The van der Waals surface area contributed by atoms with Gasteiger partial charge in [-0.05, 0) is 13.3 Å².